The van der Waals surface area contributed by atoms with Crippen molar-refractivity contribution in [3.63, 3.8) is 0 Å². The summed E-state index contributed by atoms with van der Waals surface area (Å²) in [6.45, 7) is 0.571. The van der Waals surface area contributed by atoms with Gasteiger partial charge in [0.1, 0.15) is 0 Å². The van der Waals surface area contributed by atoms with Gasteiger partial charge in [-0.25, -0.2) is 8.42 Å². The first kappa shape index (κ1) is 8.87. The molecule has 0 fully saturated rings. The maximum atomic E-state index is 9.92. The van der Waals surface area contributed by atoms with Crippen molar-refractivity contribution in [1.82, 2.24) is 5.32 Å². The zero-order chi connectivity index (χ0) is 7.33. The maximum absolute atomic E-state index is 9.92. The molecule has 0 unspecified atom stereocenters. The average Bonchev–Trinajstić information content (AvgIpc) is 1.63. The molecular formula is C4H10NO3S-. The van der Waals surface area contributed by atoms with Crippen LogP contribution in [0.15, 0.2) is 0 Å². The molecule has 0 bridgehead atoms. The average molecular weight is 152 g/mol. The monoisotopic (exact) mass is 152 g/mol. The normalized spacial score (nSPS) is 11.8. The molecule has 0 amide bonds. The smallest absolute Gasteiger partial charge is 0.0946 e. The molecular weight excluding hydrogens is 142 g/mol. The zero-order valence-electron chi connectivity index (χ0n) is 5.25. The van der Waals surface area contributed by atoms with Gasteiger partial charge in [-0.05, 0) is 20.0 Å². The quantitative estimate of drug-likeness (QED) is 0.420. The molecule has 0 aromatic heterocycles. The molecule has 5 heteroatoms. The molecule has 0 rings (SSSR count). The van der Waals surface area contributed by atoms with Crippen molar-refractivity contribution in [2.75, 3.05) is 19.3 Å². The van der Waals surface area contributed by atoms with Crippen LogP contribution in [-0.2, 0) is 10.1 Å². The van der Waals surface area contributed by atoms with Gasteiger partial charge in [-0.1, -0.05) is 0 Å². The summed E-state index contributed by atoms with van der Waals surface area (Å²) in [5.41, 5.74) is 0. The Morgan fingerprint density at radius 1 is 1.56 bits per heavy atom. The van der Waals surface area contributed by atoms with Gasteiger partial charge in [-0.15, -0.1) is 0 Å². The molecule has 0 saturated heterocycles. The maximum Gasteiger partial charge on any atom is 0.0946 e. The van der Waals surface area contributed by atoms with E-state index in [0.717, 1.165) is 0 Å². The third-order valence-corrected chi connectivity index (χ3v) is 1.61. The Kier molecular flexibility index (Phi) is 3.76. The van der Waals surface area contributed by atoms with Crippen LogP contribution < -0.4 is 5.32 Å². The van der Waals surface area contributed by atoms with Crippen molar-refractivity contribution in [2.24, 2.45) is 0 Å². The highest BCUT2D eigenvalue weighted by molar-refractivity contribution is 7.85. The van der Waals surface area contributed by atoms with Crippen LogP contribution in [0.5, 0.6) is 0 Å². The van der Waals surface area contributed by atoms with Gasteiger partial charge in [-0.2, -0.15) is 0 Å². The van der Waals surface area contributed by atoms with Gasteiger partial charge in [-0.3, -0.25) is 0 Å². The Bertz CT molecular complexity index is 151. The summed E-state index contributed by atoms with van der Waals surface area (Å²) in [4.78, 5) is 0. The molecule has 4 nitrogen and oxygen atoms in total. The Hall–Kier alpha value is -0.130. The van der Waals surface area contributed by atoms with Crippen LogP contribution in [0.3, 0.4) is 0 Å². The Morgan fingerprint density at radius 3 is 2.44 bits per heavy atom. The SMILES string of the molecule is CNCCCS(=O)(=O)[O-]. The van der Waals surface area contributed by atoms with Crippen LogP contribution in [0.1, 0.15) is 6.42 Å². The molecule has 0 aliphatic rings. The van der Waals surface area contributed by atoms with Crippen LogP contribution in [0.2, 0.25) is 0 Å². The standard InChI is InChI=1S/C4H11NO3S/c1-5-3-2-4-9(6,7)8/h5H,2-4H2,1H3,(H,6,7,8)/p-1. The van der Waals surface area contributed by atoms with Gasteiger partial charge in [0.05, 0.1) is 10.1 Å². The number of hydrogen-bond acceptors (Lipinski definition) is 4. The van der Waals surface area contributed by atoms with Gasteiger partial charge in [0.15, 0.2) is 0 Å². The van der Waals surface area contributed by atoms with Crippen LogP contribution in [0.25, 0.3) is 0 Å². The fraction of sp³-hybridized carbons (Fsp3) is 1.00. The molecule has 0 aromatic carbocycles. The lowest BCUT2D eigenvalue weighted by molar-refractivity contribution is 0.460. The van der Waals surface area contributed by atoms with Crippen LogP contribution >= 0.6 is 0 Å². The third kappa shape index (κ3) is 7.87. The fourth-order valence-electron chi connectivity index (χ4n) is 0.426. The van der Waals surface area contributed by atoms with Crippen molar-refractivity contribution >= 4 is 10.1 Å². The minimum absolute atomic E-state index is 0.270. The second-order valence-electron chi connectivity index (χ2n) is 1.72. The summed E-state index contributed by atoms with van der Waals surface area (Å²) < 4.78 is 29.8. The molecule has 0 atom stereocenters. The van der Waals surface area contributed by atoms with Gasteiger partial charge in [0.2, 0.25) is 0 Å². The molecule has 1 N–H and O–H groups in total. The van der Waals surface area contributed by atoms with E-state index in [1.54, 1.807) is 7.05 Å². The number of nitrogens with one attached hydrogen (secondary N) is 1. The van der Waals surface area contributed by atoms with E-state index in [1.807, 2.05) is 0 Å². The van der Waals surface area contributed by atoms with E-state index in [4.69, 9.17) is 0 Å². The fourth-order valence-corrected chi connectivity index (χ4v) is 0.924. The number of hydrogen-bond donors (Lipinski definition) is 1. The van der Waals surface area contributed by atoms with Gasteiger partial charge < -0.3 is 9.87 Å². The number of rotatable bonds is 4. The lowest BCUT2D eigenvalue weighted by Crippen LogP contribution is -2.13. The molecule has 0 aliphatic carbocycles. The molecule has 0 aliphatic heterocycles. The van der Waals surface area contributed by atoms with E-state index >= 15 is 0 Å². The molecule has 56 valence electrons. The largest absolute Gasteiger partial charge is 0.748 e. The molecule has 0 aromatic rings. The first-order valence-corrected chi connectivity index (χ1v) is 4.22. The van der Waals surface area contributed by atoms with E-state index in [1.165, 1.54) is 0 Å². The van der Waals surface area contributed by atoms with Crippen molar-refractivity contribution in [3.05, 3.63) is 0 Å². The van der Waals surface area contributed by atoms with Crippen LogP contribution in [0, 0.1) is 0 Å². The first-order chi connectivity index (χ1) is 4.06. The molecule has 9 heavy (non-hydrogen) atoms. The van der Waals surface area contributed by atoms with Crippen molar-refractivity contribution in [2.45, 2.75) is 6.42 Å². The van der Waals surface area contributed by atoms with E-state index in [0.29, 0.717) is 13.0 Å². The summed E-state index contributed by atoms with van der Waals surface area (Å²) in [5.74, 6) is -0.270. The summed E-state index contributed by atoms with van der Waals surface area (Å²) in [6.07, 6.45) is 0.391. The Balaban J connectivity index is 3.30. The molecule has 0 heterocycles. The highest BCUT2D eigenvalue weighted by atomic mass is 32.2. The minimum atomic E-state index is -3.99. The van der Waals surface area contributed by atoms with Gasteiger partial charge in [0.25, 0.3) is 0 Å². The Morgan fingerprint density at radius 2 is 2.11 bits per heavy atom. The van der Waals surface area contributed by atoms with Gasteiger partial charge in [0, 0.05) is 5.75 Å². The highest BCUT2D eigenvalue weighted by Crippen LogP contribution is 1.84. The van der Waals surface area contributed by atoms with Gasteiger partial charge >= 0.3 is 0 Å². The van der Waals surface area contributed by atoms with Crippen molar-refractivity contribution in [3.8, 4) is 0 Å². The van der Waals surface area contributed by atoms with E-state index in [2.05, 4.69) is 5.32 Å². The summed E-state index contributed by atoms with van der Waals surface area (Å²) in [7, 11) is -2.28. The predicted octanol–water partition coefficient (Wildman–Crippen LogP) is -0.859. The van der Waals surface area contributed by atoms with Crippen molar-refractivity contribution < 1.29 is 13.0 Å². The second kappa shape index (κ2) is 3.81. The zero-order valence-corrected chi connectivity index (χ0v) is 6.07. The van der Waals surface area contributed by atoms with Crippen molar-refractivity contribution in [1.29, 1.82) is 0 Å². The topological polar surface area (TPSA) is 69.2 Å². The predicted molar refractivity (Wildman–Crippen MR) is 33.1 cm³/mol. The van der Waals surface area contributed by atoms with Crippen LogP contribution in [0.4, 0.5) is 0 Å². The third-order valence-electron chi connectivity index (χ3n) is 0.821. The molecule has 0 spiro atoms. The first-order valence-electron chi connectivity index (χ1n) is 2.64. The summed E-state index contributed by atoms with van der Waals surface area (Å²) >= 11 is 0. The highest BCUT2D eigenvalue weighted by Gasteiger charge is 1.91. The minimum Gasteiger partial charge on any atom is -0.748 e. The van der Waals surface area contributed by atoms with Crippen LogP contribution in [-0.4, -0.2) is 32.3 Å². The summed E-state index contributed by atoms with van der Waals surface area (Å²) in [6, 6.07) is 0. The Labute approximate surface area is 55.0 Å². The summed E-state index contributed by atoms with van der Waals surface area (Å²) in [5, 5.41) is 2.74. The lowest BCUT2D eigenvalue weighted by atomic mass is 10.5. The molecule has 0 saturated carbocycles. The van der Waals surface area contributed by atoms with E-state index in [-0.39, 0.29) is 5.75 Å². The second-order valence-corrected chi connectivity index (χ2v) is 3.24. The molecule has 0 radical (unpaired) electrons. The van der Waals surface area contributed by atoms with E-state index in [9.17, 15) is 13.0 Å². The van der Waals surface area contributed by atoms with E-state index < -0.39 is 10.1 Å². The lowest BCUT2D eigenvalue weighted by Gasteiger charge is -2.04.